The van der Waals surface area contributed by atoms with E-state index in [9.17, 15) is 4.79 Å². The van der Waals surface area contributed by atoms with E-state index in [4.69, 9.17) is 11.6 Å². The summed E-state index contributed by atoms with van der Waals surface area (Å²) in [5.74, 6) is 0.0102. The maximum atomic E-state index is 12.6. The number of aromatic nitrogens is 4. The van der Waals surface area contributed by atoms with E-state index in [0.717, 1.165) is 11.3 Å². The number of benzene rings is 2. The number of rotatable bonds is 5. The molecule has 3 rings (SSSR count). The van der Waals surface area contributed by atoms with Gasteiger partial charge in [-0.2, -0.15) is 4.68 Å². The molecule has 0 N–H and O–H groups in total. The van der Waals surface area contributed by atoms with Crippen molar-refractivity contribution in [2.45, 2.75) is 24.3 Å². The molecule has 0 aliphatic rings. The summed E-state index contributed by atoms with van der Waals surface area (Å²) in [5, 5.41) is 12.7. The molecule has 5 nitrogen and oxygen atoms in total. The van der Waals surface area contributed by atoms with Crippen LogP contribution in [-0.2, 0) is 0 Å². The number of nitrogens with zero attached hydrogens (tertiary/aromatic N) is 4. The second-order valence-corrected chi connectivity index (χ2v) is 7.04. The average Bonchev–Trinajstić information content (AvgIpc) is 3.03. The number of para-hydroxylation sites is 1. The minimum atomic E-state index is -0.319. The quantitative estimate of drug-likeness (QED) is 0.510. The molecule has 1 aromatic heterocycles. The number of hydrogen-bond acceptors (Lipinski definition) is 5. The van der Waals surface area contributed by atoms with Crippen molar-refractivity contribution in [2.75, 3.05) is 0 Å². The summed E-state index contributed by atoms with van der Waals surface area (Å²) in [4.78, 5) is 12.6. The molecule has 0 saturated carbocycles. The second-order valence-electron chi connectivity index (χ2n) is 5.29. The number of carbonyl (C=O) groups is 1. The lowest BCUT2D eigenvalue weighted by molar-refractivity contribution is 0.0994. The van der Waals surface area contributed by atoms with Gasteiger partial charge in [0.25, 0.3) is 0 Å². The molecule has 7 heteroatoms. The smallest absolute Gasteiger partial charge is 0.214 e. The molecule has 0 aliphatic carbocycles. The first-order valence-corrected chi connectivity index (χ1v) is 8.63. The van der Waals surface area contributed by atoms with Crippen LogP contribution < -0.4 is 0 Å². The number of Topliss-reactive ketones (excluding diaryl/α,β-unsaturated/α-hetero) is 1. The van der Waals surface area contributed by atoms with Crippen molar-refractivity contribution in [2.24, 2.45) is 0 Å². The van der Waals surface area contributed by atoms with Crippen LogP contribution in [0.15, 0.2) is 53.7 Å². The number of thioether (sulfide) groups is 1. The maximum absolute atomic E-state index is 12.6. The Hall–Kier alpha value is -2.18. The average molecular weight is 359 g/mol. The van der Waals surface area contributed by atoms with Crippen LogP contribution in [-0.4, -0.2) is 31.2 Å². The van der Waals surface area contributed by atoms with Gasteiger partial charge in [0.15, 0.2) is 5.78 Å². The van der Waals surface area contributed by atoms with E-state index < -0.39 is 0 Å². The molecule has 122 valence electrons. The molecule has 0 radical (unpaired) electrons. The maximum Gasteiger partial charge on any atom is 0.214 e. The molecular formula is C17H15ClN4OS. The minimum absolute atomic E-state index is 0.0102. The van der Waals surface area contributed by atoms with Crippen LogP contribution in [0.2, 0.25) is 5.02 Å². The number of hydrogen-bond donors (Lipinski definition) is 0. The Morgan fingerprint density at radius 3 is 2.58 bits per heavy atom. The van der Waals surface area contributed by atoms with Gasteiger partial charge in [-0.3, -0.25) is 4.79 Å². The first-order valence-electron chi connectivity index (χ1n) is 7.37. The van der Waals surface area contributed by atoms with Crippen molar-refractivity contribution in [3.8, 4) is 5.69 Å². The zero-order valence-corrected chi connectivity index (χ0v) is 14.8. The molecular weight excluding hydrogens is 344 g/mol. The standard InChI is InChI=1S/C17H15ClN4OS/c1-11-5-3-4-6-15(11)22-17(19-20-21-22)24-12(2)16(23)13-7-9-14(18)10-8-13/h3-10,12H,1-2H3/t12-/m0/s1. The summed E-state index contributed by atoms with van der Waals surface area (Å²) in [5.41, 5.74) is 2.58. The van der Waals surface area contributed by atoms with Gasteiger partial charge in [-0.1, -0.05) is 41.6 Å². The summed E-state index contributed by atoms with van der Waals surface area (Å²) in [6, 6.07) is 14.7. The van der Waals surface area contributed by atoms with E-state index in [1.807, 2.05) is 38.1 Å². The van der Waals surface area contributed by atoms with Gasteiger partial charge in [0.2, 0.25) is 5.16 Å². The van der Waals surface area contributed by atoms with Gasteiger partial charge in [-0.25, -0.2) is 0 Å². The number of ketones is 1. The van der Waals surface area contributed by atoms with Crippen LogP contribution in [0.25, 0.3) is 5.69 Å². The van der Waals surface area contributed by atoms with E-state index in [0.29, 0.717) is 15.7 Å². The van der Waals surface area contributed by atoms with Crippen LogP contribution >= 0.6 is 23.4 Å². The monoisotopic (exact) mass is 358 g/mol. The van der Waals surface area contributed by atoms with Crippen molar-refractivity contribution in [3.05, 3.63) is 64.7 Å². The fourth-order valence-corrected chi connectivity index (χ4v) is 3.27. The highest BCUT2D eigenvalue weighted by Crippen LogP contribution is 2.26. The second kappa shape index (κ2) is 7.15. The largest absolute Gasteiger partial charge is 0.293 e. The summed E-state index contributed by atoms with van der Waals surface area (Å²) >= 11 is 7.20. The highest BCUT2D eigenvalue weighted by Gasteiger charge is 2.20. The third-order valence-electron chi connectivity index (χ3n) is 3.56. The van der Waals surface area contributed by atoms with Gasteiger partial charge in [-0.15, -0.1) is 5.10 Å². The zero-order chi connectivity index (χ0) is 17.1. The summed E-state index contributed by atoms with van der Waals surface area (Å²) in [6.07, 6.45) is 0. The highest BCUT2D eigenvalue weighted by molar-refractivity contribution is 8.00. The lowest BCUT2D eigenvalue weighted by Crippen LogP contribution is -2.14. The number of halogens is 1. The Labute approximate surface area is 149 Å². The predicted octanol–water partition coefficient (Wildman–Crippen LogP) is 3.99. The van der Waals surface area contributed by atoms with Gasteiger partial charge in [-0.05, 0) is 60.2 Å². The van der Waals surface area contributed by atoms with Crippen LogP contribution in [0.1, 0.15) is 22.8 Å². The molecule has 24 heavy (non-hydrogen) atoms. The summed E-state index contributed by atoms with van der Waals surface area (Å²) in [7, 11) is 0. The number of tetrazole rings is 1. The van der Waals surface area contributed by atoms with Crippen molar-refractivity contribution >= 4 is 29.1 Å². The van der Waals surface area contributed by atoms with E-state index in [-0.39, 0.29) is 11.0 Å². The molecule has 0 amide bonds. The van der Waals surface area contributed by atoms with E-state index in [1.54, 1.807) is 28.9 Å². The highest BCUT2D eigenvalue weighted by atomic mass is 35.5. The first kappa shape index (κ1) is 16.7. The Balaban J connectivity index is 1.82. The molecule has 1 heterocycles. The van der Waals surface area contributed by atoms with Gasteiger partial charge >= 0.3 is 0 Å². The molecule has 2 aromatic carbocycles. The van der Waals surface area contributed by atoms with Crippen LogP contribution in [0.4, 0.5) is 0 Å². The normalized spacial score (nSPS) is 12.1. The van der Waals surface area contributed by atoms with Crippen LogP contribution in [0, 0.1) is 6.92 Å². The third kappa shape index (κ3) is 3.49. The lowest BCUT2D eigenvalue weighted by atomic mass is 10.1. The number of carbonyl (C=O) groups excluding carboxylic acids is 1. The lowest BCUT2D eigenvalue weighted by Gasteiger charge is -2.11. The fraction of sp³-hybridized carbons (Fsp3) is 0.176. The molecule has 0 unspecified atom stereocenters. The Morgan fingerprint density at radius 1 is 1.17 bits per heavy atom. The fourth-order valence-electron chi connectivity index (χ4n) is 2.27. The molecule has 0 fully saturated rings. The Morgan fingerprint density at radius 2 is 1.88 bits per heavy atom. The minimum Gasteiger partial charge on any atom is -0.293 e. The topological polar surface area (TPSA) is 60.7 Å². The summed E-state index contributed by atoms with van der Waals surface area (Å²) < 4.78 is 1.66. The van der Waals surface area contributed by atoms with Gasteiger partial charge in [0, 0.05) is 10.6 Å². The van der Waals surface area contributed by atoms with Crippen molar-refractivity contribution in [1.29, 1.82) is 0 Å². The Bertz CT molecular complexity index is 863. The molecule has 0 spiro atoms. The molecule has 0 aliphatic heterocycles. The summed E-state index contributed by atoms with van der Waals surface area (Å²) in [6.45, 7) is 3.84. The van der Waals surface area contributed by atoms with Crippen molar-refractivity contribution < 1.29 is 4.79 Å². The third-order valence-corrected chi connectivity index (χ3v) is 4.85. The molecule has 0 bridgehead atoms. The van der Waals surface area contributed by atoms with E-state index in [1.165, 1.54) is 11.8 Å². The van der Waals surface area contributed by atoms with Crippen LogP contribution in [0.3, 0.4) is 0 Å². The van der Waals surface area contributed by atoms with E-state index in [2.05, 4.69) is 15.5 Å². The first-order chi connectivity index (χ1) is 11.6. The van der Waals surface area contributed by atoms with Crippen molar-refractivity contribution in [1.82, 2.24) is 20.2 Å². The van der Waals surface area contributed by atoms with Gasteiger partial charge in [0.05, 0.1) is 10.9 Å². The zero-order valence-electron chi connectivity index (χ0n) is 13.2. The molecule has 3 aromatic rings. The van der Waals surface area contributed by atoms with Gasteiger partial charge < -0.3 is 0 Å². The van der Waals surface area contributed by atoms with E-state index >= 15 is 0 Å². The molecule has 0 saturated heterocycles. The van der Waals surface area contributed by atoms with Crippen LogP contribution in [0.5, 0.6) is 0 Å². The SMILES string of the molecule is Cc1ccccc1-n1nnnc1S[C@@H](C)C(=O)c1ccc(Cl)cc1. The van der Waals surface area contributed by atoms with Crippen molar-refractivity contribution in [3.63, 3.8) is 0 Å². The number of aryl methyl sites for hydroxylation is 1. The predicted molar refractivity (Wildman–Crippen MR) is 95.0 cm³/mol. The van der Waals surface area contributed by atoms with Gasteiger partial charge in [0.1, 0.15) is 0 Å². The molecule has 1 atom stereocenters. The Kier molecular flexibility index (Phi) is 4.97.